The summed E-state index contributed by atoms with van der Waals surface area (Å²) in [5.74, 6) is 1.88. The number of anilines is 3. The van der Waals surface area contributed by atoms with Gasteiger partial charge in [-0.25, -0.2) is 15.0 Å². The average molecular weight is 690 g/mol. The fourth-order valence-corrected chi connectivity index (χ4v) is 8.22. The van der Waals surface area contributed by atoms with E-state index in [4.69, 9.17) is 15.0 Å². The van der Waals surface area contributed by atoms with Gasteiger partial charge in [-0.1, -0.05) is 140 Å². The van der Waals surface area contributed by atoms with Crippen molar-refractivity contribution < 1.29 is 0 Å². The molecule has 3 heterocycles. The van der Waals surface area contributed by atoms with Crippen LogP contribution in [0.15, 0.2) is 188 Å². The fraction of sp³-hybridized carbons (Fsp3) is 0. The molecule has 0 unspecified atom stereocenters. The Labute approximate surface area is 312 Å². The zero-order valence-electron chi connectivity index (χ0n) is 29.1. The van der Waals surface area contributed by atoms with E-state index in [1.54, 1.807) is 0 Å². The Morgan fingerprint density at radius 1 is 0.352 bits per heavy atom. The first-order valence-electron chi connectivity index (χ1n) is 18.2. The van der Waals surface area contributed by atoms with Gasteiger partial charge >= 0.3 is 0 Å². The molecule has 0 saturated heterocycles. The number of aromatic nitrogens is 4. The van der Waals surface area contributed by atoms with Crippen molar-refractivity contribution in [2.75, 3.05) is 4.90 Å². The van der Waals surface area contributed by atoms with Crippen LogP contribution < -0.4 is 4.90 Å². The Hall–Kier alpha value is -7.37. The average Bonchev–Trinajstić information content (AvgIpc) is 3.59. The second-order valence-corrected chi connectivity index (χ2v) is 13.6. The third-order valence-electron chi connectivity index (χ3n) is 10.5. The molecule has 11 rings (SSSR count). The molecule has 1 aliphatic heterocycles. The largest absolute Gasteiger partial charge is 0.309 e. The van der Waals surface area contributed by atoms with Crippen LogP contribution in [0.5, 0.6) is 0 Å². The molecule has 0 radical (unpaired) electrons. The maximum Gasteiger partial charge on any atom is 0.164 e. The van der Waals surface area contributed by atoms with Gasteiger partial charge in [0.25, 0.3) is 0 Å². The van der Waals surface area contributed by atoms with E-state index in [9.17, 15) is 0 Å². The highest BCUT2D eigenvalue weighted by molar-refractivity contribution is 6.16. The summed E-state index contributed by atoms with van der Waals surface area (Å²) in [4.78, 5) is 18.0. The summed E-state index contributed by atoms with van der Waals surface area (Å²) < 4.78 is 2.33. The monoisotopic (exact) mass is 689 g/mol. The Bertz CT molecular complexity index is 3050. The number of hydrogen-bond donors (Lipinski definition) is 0. The van der Waals surface area contributed by atoms with E-state index in [2.05, 4.69) is 179 Å². The van der Waals surface area contributed by atoms with E-state index < -0.39 is 0 Å². The first kappa shape index (κ1) is 30.3. The zero-order valence-corrected chi connectivity index (χ0v) is 29.1. The predicted octanol–water partition coefficient (Wildman–Crippen LogP) is 12.6. The molecule has 5 nitrogen and oxygen atoms in total. The SMILES string of the molecule is c1ccc(-c2nc(-c3cccc(N4c5ccccc5-c5cccc6cccc4c56)c3)nc(-c3cccc4c3c3ccccc3n4-c3ccccc3)n2)cc1. The third kappa shape index (κ3) is 4.69. The summed E-state index contributed by atoms with van der Waals surface area (Å²) in [6.07, 6.45) is 0. The third-order valence-corrected chi connectivity index (χ3v) is 10.5. The maximum atomic E-state index is 5.29. The number of rotatable bonds is 5. The molecule has 0 aliphatic carbocycles. The number of hydrogen-bond acceptors (Lipinski definition) is 4. The van der Waals surface area contributed by atoms with Crippen molar-refractivity contribution in [2.24, 2.45) is 0 Å². The van der Waals surface area contributed by atoms with Gasteiger partial charge in [-0.2, -0.15) is 0 Å². The Morgan fingerprint density at radius 3 is 1.80 bits per heavy atom. The van der Waals surface area contributed by atoms with Crippen molar-refractivity contribution in [1.29, 1.82) is 0 Å². The zero-order chi connectivity index (χ0) is 35.6. The topological polar surface area (TPSA) is 46.8 Å². The Morgan fingerprint density at radius 2 is 0.926 bits per heavy atom. The number of nitrogens with zero attached hydrogens (tertiary/aromatic N) is 5. The van der Waals surface area contributed by atoms with Crippen LogP contribution in [-0.4, -0.2) is 19.5 Å². The molecule has 0 spiro atoms. The van der Waals surface area contributed by atoms with Gasteiger partial charge in [0.05, 0.1) is 22.4 Å². The summed E-state index contributed by atoms with van der Waals surface area (Å²) in [5, 5.41) is 4.73. The molecule has 0 amide bonds. The van der Waals surface area contributed by atoms with Crippen molar-refractivity contribution in [3.8, 4) is 51.0 Å². The normalized spacial score (nSPS) is 12.0. The van der Waals surface area contributed by atoms with Crippen LogP contribution in [0.3, 0.4) is 0 Å². The van der Waals surface area contributed by atoms with Gasteiger partial charge in [-0.05, 0) is 59.5 Å². The Balaban J connectivity index is 1.13. The minimum absolute atomic E-state index is 0.619. The van der Waals surface area contributed by atoms with Crippen LogP contribution in [0, 0.1) is 0 Å². The minimum atomic E-state index is 0.619. The van der Waals surface area contributed by atoms with Crippen LogP contribution in [-0.2, 0) is 0 Å². The second-order valence-electron chi connectivity index (χ2n) is 13.6. The molecule has 2 aromatic heterocycles. The lowest BCUT2D eigenvalue weighted by Gasteiger charge is -2.33. The van der Waals surface area contributed by atoms with Crippen molar-refractivity contribution in [3.63, 3.8) is 0 Å². The molecule has 252 valence electrons. The van der Waals surface area contributed by atoms with E-state index in [1.807, 2.05) is 18.2 Å². The summed E-state index contributed by atoms with van der Waals surface area (Å²) in [5.41, 5.74) is 12.0. The second kappa shape index (κ2) is 12.1. The number of fused-ring (bicyclic) bond motifs is 5. The van der Waals surface area contributed by atoms with Crippen LogP contribution in [0.1, 0.15) is 0 Å². The summed E-state index contributed by atoms with van der Waals surface area (Å²) >= 11 is 0. The van der Waals surface area contributed by atoms with Crippen molar-refractivity contribution >= 4 is 49.6 Å². The molecule has 0 N–H and O–H groups in total. The summed E-state index contributed by atoms with van der Waals surface area (Å²) in [6, 6.07) is 66.1. The van der Waals surface area contributed by atoms with E-state index >= 15 is 0 Å². The van der Waals surface area contributed by atoms with E-state index in [1.165, 1.54) is 21.9 Å². The minimum Gasteiger partial charge on any atom is -0.309 e. The molecular formula is C49H31N5. The van der Waals surface area contributed by atoms with Gasteiger partial charge in [0.1, 0.15) is 0 Å². The predicted molar refractivity (Wildman–Crippen MR) is 222 cm³/mol. The molecule has 0 bridgehead atoms. The van der Waals surface area contributed by atoms with Crippen molar-refractivity contribution in [1.82, 2.24) is 19.5 Å². The smallest absolute Gasteiger partial charge is 0.164 e. The Kier molecular flexibility index (Phi) is 6.79. The molecule has 10 aromatic rings. The highest BCUT2D eigenvalue weighted by Crippen LogP contribution is 2.51. The summed E-state index contributed by atoms with van der Waals surface area (Å²) in [6.45, 7) is 0. The molecule has 54 heavy (non-hydrogen) atoms. The van der Waals surface area contributed by atoms with Crippen LogP contribution in [0.25, 0.3) is 83.6 Å². The lowest BCUT2D eigenvalue weighted by Crippen LogP contribution is -2.15. The van der Waals surface area contributed by atoms with Crippen LogP contribution >= 0.6 is 0 Å². The lowest BCUT2D eigenvalue weighted by molar-refractivity contribution is 1.08. The van der Waals surface area contributed by atoms with E-state index in [0.29, 0.717) is 17.5 Å². The van der Waals surface area contributed by atoms with Gasteiger partial charge in [-0.15, -0.1) is 0 Å². The van der Waals surface area contributed by atoms with Crippen molar-refractivity contribution in [3.05, 3.63) is 188 Å². The molecule has 0 atom stereocenters. The maximum absolute atomic E-state index is 5.29. The molecule has 8 aromatic carbocycles. The molecule has 0 saturated carbocycles. The van der Waals surface area contributed by atoms with Crippen LogP contribution in [0.2, 0.25) is 0 Å². The molecule has 1 aliphatic rings. The first-order valence-corrected chi connectivity index (χ1v) is 18.2. The highest BCUT2D eigenvalue weighted by Gasteiger charge is 2.26. The highest BCUT2D eigenvalue weighted by atomic mass is 15.2. The van der Waals surface area contributed by atoms with E-state index in [0.717, 1.165) is 61.2 Å². The fourth-order valence-electron chi connectivity index (χ4n) is 8.22. The molecule has 5 heteroatoms. The number of benzene rings is 8. The number of para-hydroxylation sites is 3. The molecular weight excluding hydrogens is 659 g/mol. The van der Waals surface area contributed by atoms with Gasteiger partial charge < -0.3 is 9.47 Å². The standard InChI is InChI=1S/C49H31N5/c1-3-15-33(16-4-1)47-50-48(52-49(51-47)40-26-14-30-44-46(40)39-24-8-10-28-42(39)53(44)35-20-5-2-6-21-35)34-19-11-22-36(31-34)54-41-27-9-7-23-37(41)38-25-12-17-32-18-13-29-43(54)45(32)38/h1-31H. The van der Waals surface area contributed by atoms with Gasteiger partial charge in [-0.3, -0.25) is 0 Å². The first-order chi connectivity index (χ1) is 26.8. The lowest BCUT2D eigenvalue weighted by atomic mass is 9.91. The van der Waals surface area contributed by atoms with Crippen molar-refractivity contribution in [2.45, 2.75) is 0 Å². The van der Waals surface area contributed by atoms with Gasteiger partial charge in [0, 0.05) is 49.8 Å². The molecule has 0 fully saturated rings. The van der Waals surface area contributed by atoms with E-state index in [-0.39, 0.29) is 0 Å². The summed E-state index contributed by atoms with van der Waals surface area (Å²) in [7, 11) is 0. The van der Waals surface area contributed by atoms with Gasteiger partial charge in [0.2, 0.25) is 0 Å². The quantitative estimate of drug-likeness (QED) is 0.180. The van der Waals surface area contributed by atoms with Gasteiger partial charge in [0.15, 0.2) is 17.5 Å². The van der Waals surface area contributed by atoms with Crippen LogP contribution in [0.4, 0.5) is 17.1 Å².